The number of nitrogens with zero attached hydrogens (tertiary/aromatic N) is 2. The van der Waals surface area contributed by atoms with Gasteiger partial charge in [-0.25, -0.2) is 4.68 Å². The molecule has 146 valence electrons. The van der Waals surface area contributed by atoms with Gasteiger partial charge in [-0.2, -0.15) is 5.10 Å². The summed E-state index contributed by atoms with van der Waals surface area (Å²) in [5.41, 5.74) is 3.61. The molecule has 0 spiro atoms. The number of H-pyrrole nitrogens is 1. The first-order valence-corrected chi connectivity index (χ1v) is 9.70. The van der Waals surface area contributed by atoms with E-state index in [0.29, 0.717) is 11.5 Å². The Hall–Kier alpha value is -3.61. The fourth-order valence-electron chi connectivity index (χ4n) is 4.05. The molecule has 1 aliphatic carbocycles. The average Bonchev–Trinajstić information content (AvgIpc) is 3.38. The smallest absolute Gasteiger partial charge is 0.267 e. The van der Waals surface area contributed by atoms with Crippen LogP contribution in [0.25, 0.3) is 22.4 Å². The van der Waals surface area contributed by atoms with Gasteiger partial charge in [0.25, 0.3) is 5.56 Å². The van der Waals surface area contributed by atoms with E-state index in [1.54, 1.807) is 24.5 Å². The average molecular weight is 388 g/mol. The molecule has 1 atom stereocenters. The minimum absolute atomic E-state index is 0.0948. The molecule has 3 aromatic heterocycles. The van der Waals surface area contributed by atoms with Gasteiger partial charge >= 0.3 is 0 Å². The first kappa shape index (κ1) is 17.5. The number of aryl methyl sites for hydroxylation is 1. The van der Waals surface area contributed by atoms with E-state index >= 15 is 0 Å². The second-order valence-electron chi connectivity index (χ2n) is 7.27. The summed E-state index contributed by atoms with van der Waals surface area (Å²) in [4.78, 5) is 28.3. The molecule has 7 nitrogen and oxygen atoms in total. The van der Waals surface area contributed by atoms with E-state index in [1.165, 1.54) is 21.7 Å². The number of furan rings is 1. The highest BCUT2D eigenvalue weighted by Crippen LogP contribution is 2.34. The quantitative estimate of drug-likeness (QED) is 0.562. The standard InChI is InChI=1S/C22H20N4O3/c27-20(13-26-21(28)11-10-17(25-26)19-9-4-12-29-19)23-18-8-3-6-15-14-5-1-2-7-16(14)24-22(15)18/h1-2,4-5,7,9-12,18,24H,3,6,8,13H2,(H,23,27). The predicted octanol–water partition coefficient (Wildman–Crippen LogP) is 3.18. The van der Waals surface area contributed by atoms with E-state index in [1.807, 2.05) is 12.1 Å². The van der Waals surface area contributed by atoms with Crippen molar-refractivity contribution in [1.82, 2.24) is 20.1 Å². The summed E-state index contributed by atoms with van der Waals surface area (Å²) < 4.78 is 6.49. The normalized spacial score (nSPS) is 15.9. The van der Waals surface area contributed by atoms with Gasteiger partial charge in [0.1, 0.15) is 12.2 Å². The third-order valence-corrected chi connectivity index (χ3v) is 5.38. The molecular formula is C22H20N4O3. The number of carbonyl (C=O) groups is 1. The van der Waals surface area contributed by atoms with Gasteiger partial charge in [-0.1, -0.05) is 18.2 Å². The van der Waals surface area contributed by atoms with Crippen LogP contribution in [0.2, 0.25) is 0 Å². The fraction of sp³-hybridized carbons (Fsp3) is 0.227. The number of para-hydroxylation sites is 1. The van der Waals surface area contributed by atoms with Gasteiger partial charge in [-0.3, -0.25) is 9.59 Å². The second-order valence-corrected chi connectivity index (χ2v) is 7.27. The van der Waals surface area contributed by atoms with E-state index < -0.39 is 0 Å². The van der Waals surface area contributed by atoms with Crippen LogP contribution < -0.4 is 10.9 Å². The summed E-state index contributed by atoms with van der Waals surface area (Å²) in [5.74, 6) is 0.307. The number of hydrogen-bond donors (Lipinski definition) is 2. The summed E-state index contributed by atoms with van der Waals surface area (Å²) >= 11 is 0. The molecule has 0 radical (unpaired) electrons. The summed E-state index contributed by atoms with van der Waals surface area (Å²) in [7, 11) is 0. The summed E-state index contributed by atoms with van der Waals surface area (Å²) in [6.07, 6.45) is 4.41. The summed E-state index contributed by atoms with van der Waals surface area (Å²) in [6.45, 7) is -0.139. The molecule has 0 aliphatic heterocycles. The number of hydrogen-bond acceptors (Lipinski definition) is 4. The predicted molar refractivity (Wildman–Crippen MR) is 108 cm³/mol. The Balaban J connectivity index is 1.37. The maximum Gasteiger partial charge on any atom is 0.267 e. The van der Waals surface area contributed by atoms with Crippen molar-refractivity contribution in [2.45, 2.75) is 31.8 Å². The van der Waals surface area contributed by atoms with Crippen LogP contribution >= 0.6 is 0 Å². The van der Waals surface area contributed by atoms with Gasteiger partial charge < -0.3 is 14.7 Å². The molecular weight excluding hydrogens is 368 g/mol. The molecule has 1 unspecified atom stereocenters. The molecule has 1 amide bonds. The summed E-state index contributed by atoms with van der Waals surface area (Å²) in [6, 6.07) is 14.6. The third-order valence-electron chi connectivity index (χ3n) is 5.38. The Morgan fingerprint density at radius 3 is 2.97 bits per heavy atom. The first-order chi connectivity index (χ1) is 14.2. The number of fused-ring (bicyclic) bond motifs is 3. The highest BCUT2D eigenvalue weighted by Gasteiger charge is 2.25. The lowest BCUT2D eigenvalue weighted by atomic mass is 9.91. The van der Waals surface area contributed by atoms with E-state index in [4.69, 9.17) is 4.42 Å². The Labute approximate surface area is 166 Å². The zero-order chi connectivity index (χ0) is 19.8. The largest absolute Gasteiger partial charge is 0.463 e. The highest BCUT2D eigenvalue weighted by atomic mass is 16.3. The zero-order valence-corrected chi connectivity index (χ0v) is 15.7. The van der Waals surface area contributed by atoms with Gasteiger partial charge in [-0.15, -0.1) is 0 Å². The van der Waals surface area contributed by atoms with E-state index in [0.717, 1.165) is 30.5 Å². The van der Waals surface area contributed by atoms with Crippen LogP contribution in [0.1, 0.15) is 30.1 Å². The number of rotatable bonds is 4. The van der Waals surface area contributed by atoms with Crippen LogP contribution in [0.3, 0.4) is 0 Å². The minimum atomic E-state index is -0.328. The van der Waals surface area contributed by atoms with Gasteiger partial charge in [0.05, 0.1) is 12.3 Å². The second kappa shape index (κ2) is 7.09. The lowest BCUT2D eigenvalue weighted by molar-refractivity contribution is -0.122. The van der Waals surface area contributed by atoms with Crippen molar-refractivity contribution in [3.05, 3.63) is 76.4 Å². The zero-order valence-electron chi connectivity index (χ0n) is 15.7. The minimum Gasteiger partial charge on any atom is -0.463 e. The molecule has 7 heteroatoms. The van der Waals surface area contributed by atoms with Crippen LogP contribution in [0.5, 0.6) is 0 Å². The monoisotopic (exact) mass is 388 g/mol. The first-order valence-electron chi connectivity index (χ1n) is 9.70. The number of aromatic amines is 1. The molecule has 4 aromatic rings. The molecule has 2 N–H and O–H groups in total. The van der Waals surface area contributed by atoms with E-state index in [-0.39, 0.29) is 24.1 Å². The topological polar surface area (TPSA) is 92.9 Å². The number of aromatic nitrogens is 3. The van der Waals surface area contributed by atoms with Gasteiger partial charge in [0.15, 0.2) is 5.76 Å². The van der Waals surface area contributed by atoms with Crippen molar-refractivity contribution in [1.29, 1.82) is 0 Å². The lowest BCUT2D eigenvalue weighted by Crippen LogP contribution is -2.36. The molecule has 3 heterocycles. The number of carbonyl (C=O) groups excluding carboxylic acids is 1. The fourth-order valence-corrected chi connectivity index (χ4v) is 4.05. The van der Waals surface area contributed by atoms with Crippen molar-refractivity contribution in [2.75, 3.05) is 0 Å². The van der Waals surface area contributed by atoms with Gasteiger partial charge in [-0.05, 0) is 49.1 Å². The van der Waals surface area contributed by atoms with Crippen LogP contribution in [-0.4, -0.2) is 20.7 Å². The third kappa shape index (κ3) is 3.24. The van der Waals surface area contributed by atoms with Gasteiger partial charge in [0, 0.05) is 22.7 Å². The van der Waals surface area contributed by atoms with E-state index in [9.17, 15) is 9.59 Å². The molecule has 0 fully saturated rings. The highest BCUT2D eigenvalue weighted by molar-refractivity contribution is 5.85. The van der Waals surface area contributed by atoms with Crippen molar-refractivity contribution >= 4 is 16.8 Å². The van der Waals surface area contributed by atoms with Crippen molar-refractivity contribution in [3.8, 4) is 11.5 Å². The number of nitrogens with one attached hydrogen (secondary N) is 2. The Kier molecular flexibility index (Phi) is 4.27. The Bertz CT molecular complexity index is 1240. The van der Waals surface area contributed by atoms with Crippen LogP contribution in [0.4, 0.5) is 0 Å². The molecule has 0 saturated carbocycles. The molecule has 29 heavy (non-hydrogen) atoms. The van der Waals surface area contributed by atoms with Crippen molar-refractivity contribution < 1.29 is 9.21 Å². The molecule has 1 aliphatic rings. The molecule has 5 rings (SSSR count). The van der Waals surface area contributed by atoms with Crippen LogP contribution in [0, 0.1) is 0 Å². The number of amides is 1. The van der Waals surface area contributed by atoms with Crippen molar-refractivity contribution in [2.24, 2.45) is 0 Å². The SMILES string of the molecule is O=C(Cn1nc(-c2ccco2)ccc1=O)NC1CCCc2c1[nH]c1ccccc21. The maximum atomic E-state index is 12.7. The lowest BCUT2D eigenvalue weighted by Gasteiger charge is -2.24. The Morgan fingerprint density at radius 2 is 2.10 bits per heavy atom. The number of benzene rings is 1. The van der Waals surface area contributed by atoms with Crippen LogP contribution in [-0.2, 0) is 17.8 Å². The molecule has 0 saturated heterocycles. The Morgan fingerprint density at radius 1 is 1.21 bits per heavy atom. The maximum absolute atomic E-state index is 12.7. The molecule has 1 aromatic carbocycles. The van der Waals surface area contributed by atoms with Crippen molar-refractivity contribution in [3.63, 3.8) is 0 Å². The summed E-state index contributed by atoms with van der Waals surface area (Å²) in [5, 5.41) is 8.55. The van der Waals surface area contributed by atoms with Gasteiger partial charge in [0.2, 0.25) is 5.91 Å². The van der Waals surface area contributed by atoms with Crippen LogP contribution in [0.15, 0.2) is 64.0 Å². The van der Waals surface area contributed by atoms with E-state index in [2.05, 4.69) is 27.5 Å². The molecule has 0 bridgehead atoms.